The minimum absolute atomic E-state index is 0.141. The van der Waals surface area contributed by atoms with E-state index in [1.54, 1.807) is 4.90 Å². The number of hydrogen-bond donors (Lipinski definition) is 2. The van der Waals surface area contributed by atoms with E-state index in [4.69, 9.17) is 4.74 Å². The maximum absolute atomic E-state index is 12.9. The number of imide groups is 1. The molecule has 7 nitrogen and oxygen atoms in total. The normalized spacial score (nSPS) is 32.3. The lowest BCUT2D eigenvalue weighted by Gasteiger charge is -2.37. The van der Waals surface area contributed by atoms with Crippen LogP contribution in [0.4, 0.5) is 0 Å². The zero-order chi connectivity index (χ0) is 22.2. The highest BCUT2D eigenvalue weighted by Gasteiger charge is 2.39. The van der Waals surface area contributed by atoms with Crippen LogP contribution in [-0.4, -0.2) is 47.4 Å². The van der Waals surface area contributed by atoms with Crippen LogP contribution in [0.15, 0.2) is 18.2 Å². The molecule has 1 saturated heterocycles. The molecule has 7 heteroatoms. The third kappa shape index (κ3) is 4.27. The second-order valence-electron chi connectivity index (χ2n) is 10.1. The minimum Gasteiger partial charge on any atom is -0.489 e. The number of ether oxygens (including phenoxy) is 1. The summed E-state index contributed by atoms with van der Waals surface area (Å²) in [4.78, 5) is 38.2. The first-order chi connectivity index (χ1) is 15.5. The largest absolute Gasteiger partial charge is 0.489 e. The Labute approximate surface area is 189 Å². The summed E-state index contributed by atoms with van der Waals surface area (Å²) in [6.07, 6.45) is 8.03. The van der Waals surface area contributed by atoms with Gasteiger partial charge in [-0.1, -0.05) is 13.3 Å². The van der Waals surface area contributed by atoms with Crippen LogP contribution in [0.1, 0.15) is 74.2 Å². The highest BCUT2D eigenvalue weighted by atomic mass is 16.5. The van der Waals surface area contributed by atoms with Crippen molar-refractivity contribution >= 4 is 17.7 Å². The number of nitrogens with one attached hydrogen (secondary N) is 2. The SMILES string of the molecule is CC1CC(CN[C@H]2CCCC[C@@H]2Oc2ccc3c(c2)CN(C2CCC(=O)NC2=O)C3=O)C1. The highest BCUT2D eigenvalue weighted by molar-refractivity contribution is 6.05. The van der Waals surface area contributed by atoms with Crippen LogP contribution in [0.2, 0.25) is 0 Å². The van der Waals surface area contributed by atoms with Gasteiger partial charge in [0.05, 0.1) is 0 Å². The van der Waals surface area contributed by atoms with E-state index in [-0.39, 0.29) is 30.2 Å². The number of benzene rings is 1. The lowest BCUT2D eigenvalue weighted by atomic mass is 9.76. The number of fused-ring (bicyclic) bond motifs is 1. The standard InChI is InChI=1S/C25H33N3O4/c1-15-10-16(11-15)13-26-20-4-2-3-5-22(20)32-18-6-7-19-17(12-18)14-28(25(19)31)21-8-9-23(29)27-24(21)30/h6-7,12,15-16,20-22,26H,2-5,8-11,13-14H2,1H3,(H,27,29,30)/t15?,16?,20-,21?,22-/m0/s1. The average molecular weight is 440 g/mol. The van der Waals surface area contributed by atoms with Gasteiger partial charge >= 0.3 is 0 Å². The molecule has 1 aromatic rings. The molecule has 0 spiro atoms. The minimum atomic E-state index is -0.585. The number of hydrogen-bond acceptors (Lipinski definition) is 5. The second-order valence-corrected chi connectivity index (χ2v) is 10.1. The molecule has 3 amide bonds. The Morgan fingerprint density at radius 3 is 2.72 bits per heavy atom. The van der Waals surface area contributed by atoms with E-state index < -0.39 is 6.04 Å². The van der Waals surface area contributed by atoms with E-state index in [1.807, 2.05) is 18.2 Å². The van der Waals surface area contributed by atoms with Crippen LogP contribution in [0.5, 0.6) is 5.75 Å². The van der Waals surface area contributed by atoms with Crippen LogP contribution >= 0.6 is 0 Å². The van der Waals surface area contributed by atoms with Crippen LogP contribution < -0.4 is 15.4 Å². The van der Waals surface area contributed by atoms with Gasteiger partial charge in [0.15, 0.2) is 0 Å². The van der Waals surface area contributed by atoms with Crippen LogP contribution in [0.3, 0.4) is 0 Å². The Morgan fingerprint density at radius 1 is 1.12 bits per heavy atom. The number of carbonyl (C=O) groups is 3. The lowest BCUT2D eigenvalue weighted by Crippen LogP contribution is -2.52. The third-order valence-corrected chi connectivity index (χ3v) is 7.63. The number of carbonyl (C=O) groups excluding carboxylic acids is 3. The predicted molar refractivity (Wildman–Crippen MR) is 119 cm³/mol. The first-order valence-corrected chi connectivity index (χ1v) is 12.2. The van der Waals surface area contributed by atoms with Gasteiger partial charge in [0, 0.05) is 24.6 Å². The molecule has 2 saturated carbocycles. The summed E-state index contributed by atoms with van der Waals surface area (Å²) in [7, 11) is 0. The Morgan fingerprint density at radius 2 is 1.94 bits per heavy atom. The fraction of sp³-hybridized carbons (Fsp3) is 0.640. The molecule has 172 valence electrons. The molecule has 2 aliphatic carbocycles. The van der Waals surface area contributed by atoms with Crippen LogP contribution in [-0.2, 0) is 16.1 Å². The Bertz CT molecular complexity index is 910. The summed E-state index contributed by atoms with van der Waals surface area (Å²) in [5.74, 6) is 1.67. The van der Waals surface area contributed by atoms with Gasteiger partial charge in [-0.2, -0.15) is 0 Å². The average Bonchev–Trinajstić information content (AvgIpc) is 3.07. The maximum atomic E-state index is 12.9. The molecule has 0 radical (unpaired) electrons. The first-order valence-electron chi connectivity index (χ1n) is 12.2. The zero-order valence-electron chi connectivity index (χ0n) is 18.8. The maximum Gasteiger partial charge on any atom is 0.255 e. The number of rotatable bonds is 6. The van der Waals surface area contributed by atoms with Gasteiger partial charge in [0.2, 0.25) is 11.8 Å². The molecule has 2 heterocycles. The van der Waals surface area contributed by atoms with Gasteiger partial charge in [-0.25, -0.2) is 0 Å². The van der Waals surface area contributed by atoms with Crippen molar-refractivity contribution in [3.63, 3.8) is 0 Å². The van der Waals surface area contributed by atoms with Crippen molar-refractivity contribution in [2.45, 2.75) is 83.0 Å². The Kier molecular flexibility index (Phi) is 5.93. The van der Waals surface area contributed by atoms with Gasteiger partial charge in [-0.05, 0) is 80.7 Å². The number of amides is 3. The third-order valence-electron chi connectivity index (χ3n) is 7.63. The van der Waals surface area contributed by atoms with Crippen molar-refractivity contribution in [3.05, 3.63) is 29.3 Å². The van der Waals surface area contributed by atoms with Gasteiger partial charge in [-0.15, -0.1) is 0 Å². The summed E-state index contributed by atoms with van der Waals surface area (Å²) in [5.41, 5.74) is 1.51. The van der Waals surface area contributed by atoms with E-state index in [0.717, 1.165) is 42.5 Å². The molecule has 3 fully saturated rings. The first kappa shape index (κ1) is 21.4. The van der Waals surface area contributed by atoms with Crippen molar-refractivity contribution in [3.8, 4) is 5.75 Å². The van der Waals surface area contributed by atoms with Gasteiger partial charge in [0.1, 0.15) is 17.9 Å². The van der Waals surface area contributed by atoms with Gasteiger partial charge in [0.25, 0.3) is 5.91 Å². The fourth-order valence-corrected chi connectivity index (χ4v) is 5.82. The second kappa shape index (κ2) is 8.85. The molecule has 2 N–H and O–H groups in total. The molecule has 0 aromatic heterocycles. The van der Waals surface area contributed by atoms with Gasteiger partial charge < -0.3 is 15.0 Å². The lowest BCUT2D eigenvalue weighted by molar-refractivity contribution is -0.136. The molecule has 32 heavy (non-hydrogen) atoms. The van der Waals surface area contributed by atoms with E-state index in [1.165, 1.54) is 25.7 Å². The van der Waals surface area contributed by atoms with Gasteiger partial charge in [-0.3, -0.25) is 19.7 Å². The van der Waals surface area contributed by atoms with E-state index >= 15 is 0 Å². The summed E-state index contributed by atoms with van der Waals surface area (Å²) < 4.78 is 6.43. The molecule has 5 rings (SSSR count). The fourth-order valence-electron chi connectivity index (χ4n) is 5.82. The molecule has 1 aromatic carbocycles. The van der Waals surface area contributed by atoms with Crippen molar-refractivity contribution in [2.24, 2.45) is 11.8 Å². The predicted octanol–water partition coefficient (Wildman–Crippen LogP) is 2.77. The summed E-state index contributed by atoms with van der Waals surface area (Å²) in [5, 5.41) is 6.12. The summed E-state index contributed by atoms with van der Waals surface area (Å²) in [6.45, 7) is 3.78. The smallest absolute Gasteiger partial charge is 0.255 e. The van der Waals surface area contributed by atoms with Crippen molar-refractivity contribution in [1.82, 2.24) is 15.5 Å². The Balaban J connectivity index is 1.23. The zero-order valence-corrected chi connectivity index (χ0v) is 18.8. The Hall–Kier alpha value is -2.41. The molecule has 4 aliphatic rings. The number of piperidine rings is 1. The van der Waals surface area contributed by atoms with E-state index in [0.29, 0.717) is 24.6 Å². The molecular weight excluding hydrogens is 406 g/mol. The quantitative estimate of drug-likeness (QED) is 0.666. The molecule has 0 bridgehead atoms. The molecule has 2 aliphatic heterocycles. The molecular formula is C25H33N3O4. The highest BCUT2D eigenvalue weighted by Crippen LogP contribution is 2.34. The molecule has 3 atom stereocenters. The van der Waals surface area contributed by atoms with E-state index in [9.17, 15) is 14.4 Å². The summed E-state index contributed by atoms with van der Waals surface area (Å²) in [6, 6.07) is 5.44. The van der Waals surface area contributed by atoms with E-state index in [2.05, 4.69) is 17.6 Å². The summed E-state index contributed by atoms with van der Waals surface area (Å²) >= 11 is 0. The van der Waals surface area contributed by atoms with Crippen LogP contribution in [0.25, 0.3) is 0 Å². The van der Waals surface area contributed by atoms with Crippen molar-refractivity contribution < 1.29 is 19.1 Å². The monoisotopic (exact) mass is 439 g/mol. The molecule has 1 unspecified atom stereocenters. The van der Waals surface area contributed by atoms with Crippen molar-refractivity contribution in [2.75, 3.05) is 6.54 Å². The topological polar surface area (TPSA) is 87.7 Å². The van der Waals surface area contributed by atoms with Crippen molar-refractivity contribution in [1.29, 1.82) is 0 Å². The van der Waals surface area contributed by atoms with Crippen LogP contribution in [0, 0.1) is 11.8 Å². The number of nitrogens with zero attached hydrogens (tertiary/aromatic N) is 1.